The van der Waals surface area contributed by atoms with Gasteiger partial charge >= 0.3 is 0 Å². The number of rotatable bonds is 1. The van der Waals surface area contributed by atoms with Crippen LogP contribution < -0.4 is 0 Å². The highest BCUT2D eigenvalue weighted by molar-refractivity contribution is 6.17. The van der Waals surface area contributed by atoms with Gasteiger partial charge < -0.3 is 0 Å². The molecule has 12 heavy (non-hydrogen) atoms. The van der Waals surface area contributed by atoms with Crippen LogP contribution in [-0.2, 0) is 5.88 Å². The first-order valence-corrected chi connectivity index (χ1v) is 3.67. The Morgan fingerprint density at radius 3 is 2.58 bits per heavy atom. The van der Waals surface area contributed by atoms with Crippen molar-refractivity contribution in [3.05, 3.63) is 34.9 Å². The lowest BCUT2D eigenvalue weighted by molar-refractivity contribution is 0.502. The normalized spacial score (nSPS) is 9.50. The number of benzene rings is 1. The Balaban J connectivity index is 3.38. The minimum atomic E-state index is -1.04. The zero-order valence-corrected chi connectivity index (χ0v) is 6.70. The van der Waals surface area contributed by atoms with Crippen molar-refractivity contribution < 1.29 is 8.78 Å². The summed E-state index contributed by atoms with van der Waals surface area (Å²) in [6.45, 7) is 0. The van der Waals surface area contributed by atoms with Crippen LogP contribution in [-0.4, -0.2) is 0 Å². The average molecular weight is 188 g/mol. The third kappa shape index (κ3) is 1.39. The van der Waals surface area contributed by atoms with Crippen molar-refractivity contribution in [1.29, 1.82) is 5.26 Å². The van der Waals surface area contributed by atoms with Gasteiger partial charge in [-0.2, -0.15) is 5.26 Å². The largest absolute Gasteiger partial charge is 0.204 e. The van der Waals surface area contributed by atoms with Gasteiger partial charge in [0.05, 0.1) is 17.5 Å². The van der Waals surface area contributed by atoms with E-state index < -0.39 is 11.6 Å². The number of halogens is 3. The van der Waals surface area contributed by atoms with Crippen molar-refractivity contribution in [2.75, 3.05) is 0 Å². The summed E-state index contributed by atoms with van der Waals surface area (Å²) in [7, 11) is 0. The second-order valence-corrected chi connectivity index (χ2v) is 2.40. The molecule has 0 bridgehead atoms. The van der Waals surface area contributed by atoms with Crippen LogP contribution in [0.2, 0.25) is 0 Å². The fraction of sp³-hybridized carbons (Fsp3) is 0.125. The van der Waals surface area contributed by atoms with Gasteiger partial charge in [0.15, 0.2) is 11.6 Å². The lowest BCUT2D eigenvalue weighted by Gasteiger charge is -2.00. The van der Waals surface area contributed by atoms with E-state index in [1.165, 1.54) is 6.07 Å². The molecule has 0 amide bonds. The van der Waals surface area contributed by atoms with Gasteiger partial charge in [0, 0.05) is 5.56 Å². The molecule has 0 fully saturated rings. The van der Waals surface area contributed by atoms with Crippen LogP contribution in [0.5, 0.6) is 0 Å². The van der Waals surface area contributed by atoms with Gasteiger partial charge in [-0.3, -0.25) is 0 Å². The van der Waals surface area contributed by atoms with Gasteiger partial charge in [-0.25, -0.2) is 8.78 Å². The fourth-order valence-electron chi connectivity index (χ4n) is 0.828. The van der Waals surface area contributed by atoms with Gasteiger partial charge in [-0.15, -0.1) is 11.6 Å². The van der Waals surface area contributed by atoms with Crippen LogP contribution in [0.1, 0.15) is 11.1 Å². The SMILES string of the molecule is N#Cc1ccc(F)c(F)c1CCl. The lowest BCUT2D eigenvalue weighted by Crippen LogP contribution is -1.95. The topological polar surface area (TPSA) is 23.8 Å². The van der Waals surface area contributed by atoms with Crippen LogP contribution >= 0.6 is 11.6 Å². The molecule has 0 N–H and O–H groups in total. The third-order valence-electron chi connectivity index (χ3n) is 1.45. The van der Waals surface area contributed by atoms with E-state index in [4.69, 9.17) is 16.9 Å². The molecule has 62 valence electrons. The van der Waals surface area contributed by atoms with Gasteiger partial charge in [0.2, 0.25) is 0 Å². The Morgan fingerprint density at radius 2 is 2.08 bits per heavy atom. The summed E-state index contributed by atoms with van der Waals surface area (Å²) in [6, 6.07) is 3.83. The van der Waals surface area contributed by atoms with E-state index in [-0.39, 0.29) is 17.0 Å². The van der Waals surface area contributed by atoms with Gasteiger partial charge in [0.1, 0.15) is 0 Å². The van der Waals surface area contributed by atoms with E-state index in [0.29, 0.717) is 0 Å². The molecular weight excluding hydrogens is 184 g/mol. The van der Waals surface area contributed by atoms with Crippen LogP contribution in [0.4, 0.5) is 8.78 Å². The molecule has 0 radical (unpaired) electrons. The molecule has 0 aliphatic rings. The first-order chi connectivity index (χ1) is 5.70. The van der Waals surface area contributed by atoms with E-state index in [1.54, 1.807) is 6.07 Å². The summed E-state index contributed by atoms with van der Waals surface area (Å²) in [6.07, 6.45) is 0. The van der Waals surface area contributed by atoms with Crippen LogP contribution in [0.25, 0.3) is 0 Å². The second-order valence-electron chi connectivity index (χ2n) is 2.13. The Kier molecular flexibility index (Phi) is 2.61. The number of nitrogens with zero attached hydrogens (tertiary/aromatic N) is 1. The van der Waals surface area contributed by atoms with Gasteiger partial charge in [-0.05, 0) is 12.1 Å². The number of hydrogen-bond donors (Lipinski definition) is 0. The van der Waals surface area contributed by atoms with E-state index in [0.717, 1.165) is 6.07 Å². The van der Waals surface area contributed by atoms with Crippen molar-refractivity contribution in [3.63, 3.8) is 0 Å². The molecule has 4 heteroatoms. The first kappa shape index (κ1) is 8.95. The molecule has 1 aromatic rings. The maximum absolute atomic E-state index is 12.8. The smallest absolute Gasteiger partial charge is 0.164 e. The van der Waals surface area contributed by atoms with Crippen molar-refractivity contribution in [1.82, 2.24) is 0 Å². The molecule has 0 unspecified atom stereocenters. The standard InChI is InChI=1S/C8H4ClF2N/c9-3-6-5(4-12)1-2-7(10)8(6)11/h1-2H,3H2. The van der Waals surface area contributed by atoms with Crippen molar-refractivity contribution in [2.45, 2.75) is 5.88 Å². The molecule has 0 spiro atoms. The zero-order chi connectivity index (χ0) is 9.14. The van der Waals surface area contributed by atoms with Crippen molar-refractivity contribution >= 4 is 11.6 Å². The zero-order valence-electron chi connectivity index (χ0n) is 5.94. The summed E-state index contributed by atoms with van der Waals surface area (Å²) in [4.78, 5) is 0. The summed E-state index contributed by atoms with van der Waals surface area (Å²) >= 11 is 5.33. The Morgan fingerprint density at radius 1 is 1.42 bits per heavy atom. The summed E-state index contributed by atoms with van der Waals surface area (Å²) in [5.41, 5.74) is -0.0110. The molecular formula is C8H4ClF2N. The number of hydrogen-bond acceptors (Lipinski definition) is 1. The molecule has 0 aliphatic carbocycles. The monoisotopic (exact) mass is 187 g/mol. The van der Waals surface area contributed by atoms with Crippen LogP contribution in [0.15, 0.2) is 12.1 Å². The molecule has 0 aliphatic heterocycles. The summed E-state index contributed by atoms with van der Waals surface area (Å²) in [5.74, 6) is -2.22. The predicted octanol–water partition coefficient (Wildman–Crippen LogP) is 2.58. The Labute approximate surface area is 73.2 Å². The van der Waals surface area contributed by atoms with E-state index in [9.17, 15) is 8.78 Å². The first-order valence-electron chi connectivity index (χ1n) is 3.13. The van der Waals surface area contributed by atoms with E-state index in [2.05, 4.69) is 0 Å². The van der Waals surface area contributed by atoms with Crippen molar-refractivity contribution in [3.8, 4) is 6.07 Å². The summed E-state index contributed by atoms with van der Waals surface area (Å²) in [5, 5.41) is 8.47. The molecule has 1 nitrogen and oxygen atoms in total. The Hall–Kier alpha value is -1.14. The average Bonchev–Trinajstić information content (AvgIpc) is 2.09. The maximum Gasteiger partial charge on any atom is 0.164 e. The molecule has 0 heterocycles. The molecule has 1 rings (SSSR count). The second kappa shape index (κ2) is 3.51. The summed E-state index contributed by atoms with van der Waals surface area (Å²) < 4.78 is 25.4. The fourth-order valence-corrected chi connectivity index (χ4v) is 1.09. The minimum Gasteiger partial charge on any atom is -0.204 e. The van der Waals surface area contributed by atoms with Gasteiger partial charge in [-0.1, -0.05) is 0 Å². The highest BCUT2D eigenvalue weighted by Gasteiger charge is 2.11. The third-order valence-corrected chi connectivity index (χ3v) is 1.72. The number of alkyl halides is 1. The Bertz CT molecular complexity index is 344. The molecule has 1 aromatic carbocycles. The molecule has 0 atom stereocenters. The maximum atomic E-state index is 12.8. The number of nitriles is 1. The highest BCUT2D eigenvalue weighted by Crippen LogP contribution is 2.17. The van der Waals surface area contributed by atoms with Gasteiger partial charge in [0.25, 0.3) is 0 Å². The van der Waals surface area contributed by atoms with E-state index in [1.807, 2.05) is 0 Å². The lowest BCUT2D eigenvalue weighted by atomic mass is 10.1. The molecule has 0 aromatic heterocycles. The quantitative estimate of drug-likeness (QED) is 0.620. The predicted molar refractivity (Wildman–Crippen MR) is 40.6 cm³/mol. The van der Waals surface area contributed by atoms with E-state index >= 15 is 0 Å². The molecule has 0 saturated heterocycles. The van der Waals surface area contributed by atoms with Crippen molar-refractivity contribution in [2.24, 2.45) is 0 Å². The molecule has 0 saturated carbocycles. The highest BCUT2D eigenvalue weighted by atomic mass is 35.5. The van der Waals surface area contributed by atoms with Crippen LogP contribution in [0, 0.1) is 23.0 Å². The van der Waals surface area contributed by atoms with Crippen LogP contribution in [0.3, 0.4) is 0 Å². The minimum absolute atomic E-state index is 0.0731.